The van der Waals surface area contributed by atoms with Crippen LogP contribution >= 0.6 is 11.8 Å². The number of thioether (sulfide) groups is 1. The van der Waals surface area contributed by atoms with Crippen LogP contribution in [-0.2, 0) is 0 Å². The van der Waals surface area contributed by atoms with Gasteiger partial charge in [-0.1, -0.05) is 6.42 Å². The van der Waals surface area contributed by atoms with Crippen molar-refractivity contribution in [3.8, 4) is 0 Å². The van der Waals surface area contributed by atoms with Crippen LogP contribution in [0.5, 0.6) is 0 Å². The molecule has 18 heavy (non-hydrogen) atoms. The van der Waals surface area contributed by atoms with E-state index >= 15 is 0 Å². The van der Waals surface area contributed by atoms with Gasteiger partial charge in [-0.05, 0) is 19.1 Å². The van der Waals surface area contributed by atoms with E-state index in [2.05, 4.69) is 4.98 Å². The first-order valence-corrected chi connectivity index (χ1v) is 6.95. The molecule has 0 bridgehead atoms. The highest BCUT2D eigenvalue weighted by Crippen LogP contribution is 2.36. The molecule has 0 radical (unpaired) electrons. The Balaban J connectivity index is 2.51. The van der Waals surface area contributed by atoms with Crippen molar-refractivity contribution in [2.75, 3.05) is 6.26 Å². The summed E-state index contributed by atoms with van der Waals surface area (Å²) in [7, 11) is 0. The third kappa shape index (κ3) is 2.22. The normalized spacial score (nSPS) is 23.2. The monoisotopic (exact) mass is 270 g/mol. The molecule has 1 heterocycles. The number of hydrogen-bond donors (Lipinski definition) is 2. The van der Waals surface area contributed by atoms with Gasteiger partial charge in [-0.2, -0.15) is 11.8 Å². The maximum atomic E-state index is 11.8. The van der Waals surface area contributed by atoms with Gasteiger partial charge in [-0.15, -0.1) is 0 Å². The van der Waals surface area contributed by atoms with Crippen molar-refractivity contribution < 1.29 is 9.90 Å². The predicted molar refractivity (Wildman–Crippen MR) is 68.5 cm³/mol. The van der Waals surface area contributed by atoms with Gasteiger partial charge in [0, 0.05) is 17.5 Å². The Hall–Kier alpha value is -1.50. The van der Waals surface area contributed by atoms with Crippen molar-refractivity contribution in [2.24, 2.45) is 0 Å². The Labute approximate surface area is 107 Å². The van der Waals surface area contributed by atoms with Crippen molar-refractivity contribution in [3.05, 3.63) is 32.6 Å². The van der Waals surface area contributed by atoms with Crippen LogP contribution in [0.2, 0.25) is 0 Å². The molecule has 0 amide bonds. The fraction of sp³-hybridized carbons (Fsp3) is 0.545. The first kappa shape index (κ1) is 12.9. The Bertz CT molecular complexity index is 577. The van der Waals surface area contributed by atoms with E-state index in [9.17, 15) is 14.4 Å². The molecular formula is C11H14N2O4S. The molecule has 6 nitrogen and oxygen atoms in total. The standard InChI is InChI=1S/C11H14N2O4S/c1-18-8-4-2-3-7(8)13-5-6(10(15)16)9(14)12-11(13)17/h5,7-8H,2-4H2,1H3,(H,15,16)(H,12,14,17). The van der Waals surface area contributed by atoms with Crippen molar-refractivity contribution in [2.45, 2.75) is 30.6 Å². The van der Waals surface area contributed by atoms with Crippen LogP contribution in [0.15, 0.2) is 15.8 Å². The average Bonchev–Trinajstić information content (AvgIpc) is 2.76. The fourth-order valence-corrected chi connectivity index (χ4v) is 3.37. The van der Waals surface area contributed by atoms with Crippen LogP contribution in [0, 0.1) is 0 Å². The van der Waals surface area contributed by atoms with E-state index in [-0.39, 0.29) is 16.9 Å². The summed E-state index contributed by atoms with van der Waals surface area (Å²) in [5, 5.41) is 9.19. The van der Waals surface area contributed by atoms with Crippen LogP contribution in [0.4, 0.5) is 0 Å². The lowest BCUT2D eigenvalue weighted by molar-refractivity contribution is 0.0693. The molecule has 2 N–H and O–H groups in total. The molecular weight excluding hydrogens is 256 g/mol. The van der Waals surface area contributed by atoms with E-state index in [4.69, 9.17) is 5.11 Å². The number of aromatic amines is 1. The molecule has 1 aromatic rings. The van der Waals surface area contributed by atoms with Gasteiger partial charge in [-0.3, -0.25) is 14.3 Å². The zero-order valence-electron chi connectivity index (χ0n) is 9.88. The smallest absolute Gasteiger partial charge is 0.342 e. The fourth-order valence-electron chi connectivity index (χ4n) is 2.38. The number of nitrogens with zero attached hydrogens (tertiary/aromatic N) is 1. The topological polar surface area (TPSA) is 92.2 Å². The van der Waals surface area contributed by atoms with Gasteiger partial charge in [0.1, 0.15) is 5.56 Å². The summed E-state index contributed by atoms with van der Waals surface area (Å²) in [5.41, 5.74) is -1.76. The molecule has 2 unspecified atom stereocenters. The van der Waals surface area contributed by atoms with Crippen molar-refractivity contribution in [3.63, 3.8) is 0 Å². The predicted octanol–water partition coefficient (Wildman–Crippen LogP) is 0.691. The minimum absolute atomic E-state index is 0.0394. The molecule has 2 atom stereocenters. The van der Waals surface area contributed by atoms with E-state index in [1.54, 1.807) is 11.8 Å². The third-order valence-corrected chi connectivity index (χ3v) is 4.43. The van der Waals surface area contributed by atoms with Crippen LogP contribution in [0.3, 0.4) is 0 Å². The molecule has 1 aliphatic rings. The molecule has 1 saturated carbocycles. The van der Waals surface area contributed by atoms with E-state index in [0.717, 1.165) is 19.3 Å². The Morgan fingerprint density at radius 3 is 2.83 bits per heavy atom. The molecule has 1 aliphatic carbocycles. The number of carboxylic acids is 1. The number of carbonyl (C=O) groups is 1. The first-order valence-electron chi connectivity index (χ1n) is 5.66. The highest BCUT2D eigenvalue weighted by molar-refractivity contribution is 7.99. The summed E-state index contributed by atoms with van der Waals surface area (Å²) < 4.78 is 1.36. The first-order chi connectivity index (χ1) is 8.54. The van der Waals surface area contributed by atoms with Gasteiger partial charge in [0.15, 0.2) is 0 Å². The van der Waals surface area contributed by atoms with E-state index in [1.807, 2.05) is 6.26 Å². The molecule has 0 spiro atoms. The van der Waals surface area contributed by atoms with Gasteiger partial charge in [0.2, 0.25) is 0 Å². The summed E-state index contributed by atoms with van der Waals surface area (Å²) in [6.07, 6.45) is 5.97. The Kier molecular flexibility index (Phi) is 3.60. The van der Waals surface area contributed by atoms with Crippen molar-refractivity contribution in [1.29, 1.82) is 0 Å². The lowest BCUT2D eigenvalue weighted by Gasteiger charge is -2.20. The molecule has 98 valence electrons. The summed E-state index contributed by atoms with van der Waals surface area (Å²) >= 11 is 1.66. The Morgan fingerprint density at radius 2 is 2.22 bits per heavy atom. The molecule has 0 aromatic carbocycles. The summed E-state index contributed by atoms with van der Waals surface area (Å²) in [4.78, 5) is 36.1. The van der Waals surface area contributed by atoms with Gasteiger partial charge < -0.3 is 5.11 Å². The number of nitrogens with one attached hydrogen (secondary N) is 1. The second kappa shape index (κ2) is 5.01. The average molecular weight is 270 g/mol. The maximum Gasteiger partial charge on any atom is 0.342 e. The number of aromatic nitrogens is 2. The van der Waals surface area contributed by atoms with E-state index < -0.39 is 17.2 Å². The molecule has 7 heteroatoms. The summed E-state index contributed by atoms with van der Waals surface area (Å²) in [5.74, 6) is -1.32. The number of hydrogen-bond acceptors (Lipinski definition) is 4. The van der Waals surface area contributed by atoms with Crippen LogP contribution in [0.1, 0.15) is 35.7 Å². The van der Waals surface area contributed by atoms with E-state index in [0.29, 0.717) is 0 Å². The van der Waals surface area contributed by atoms with Crippen molar-refractivity contribution >= 4 is 17.7 Å². The third-order valence-electron chi connectivity index (χ3n) is 3.28. The molecule has 1 aromatic heterocycles. The van der Waals surface area contributed by atoms with Crippen molar-refractivity contribution in [1.82, 2.24) is 9.55 Å². The minimum Gasteiger partial charge on any atom is -0.477 e. The highest BCUT2D eigenvalue weighted by atomic mass is 32.2. The van der Waals surface area contributed by atoms with E-state index in [1.165, 1.54) is 10.8 Å². The van der Waals surface area contributed by atoms with Crippen LogP contribution in [-0.4, -0.2) is 32.1 Å². The van der Waals surface area contributed by atoms with Gasteiger partial charge in [0.25, 0.3) is 5.56 Å². The second-order valence-electron chi connectivity index (χ2n) is 4.29. The zero-order chi connectivity index (χ0) is 13.3. The summed E-state index contributed by atoms with van der Waals surface area (Å²) in [6.45, 7) is 0. The highest BCUT2D eigenvalue weighted by Gasteiger charge is 2.29. The second-order valence-corrected chi connectivity index (χ2v) is 5.36. The zero-order valence-corrected chi connectivity index (χ0v) is 10.7. The Morgan fingerprint density at radius 1 is 1.50 bits per heavy atom. The maximum absolute atomic E-state index is 11.8. The SMILES string of the molecule is CSC1CCCC1n1cc(C(=O)O)c(=O)[nH]c1=O. The largest absolute Gasteiger partial charge is 0.477 e. The molecule has 2 rings (SSSR count). The van der Waals surface area contributed by atoms with Crippen LogP contribution < -0.4 is 11.2 Å². The molecule has 0 aliphatic heterocycles. The minimum atomic E-state index is -1.32. The number of H-pyrrole nitrogens is 1. The molecule has 1 fully saturated rings. The lowest BCUT2D eigenvalue weighted by atomic mass is 10.2. The summed E-state index contributed by atoms with van der Waals surface area (Å²) in [6, 6.07) is -0.0394. The van der Waals surface area contributed by atoms with Gasteiger partial charge in [0.05, 0.1) is 0 Å². The quantitative estimate of drug-likeness (QED) is 0.843. The molecule has 0 saturated heterocycles. The number of rotatable bonds is 3. The van der Waals surface area contributed by atoms with Gasteiger partial charge in [-0.25, -0.2) is 9.59 Å². The van der Waals surface area contributed by atoms with Gasteiger partial charge >= 0.3 is 11.7 Å². The number of aromatic carboxylic acids is 1. The van der Waals surface area contributed by atoms with Crippen LogP contribution in [0.25, 0.3) is 0 Å². The lowest BCUT2D eigenvalue weighted by Crippen LogP contribution is -2.36. The number of carboxylic acid groups (broad SMARTS) is 1.